The number of benzene rings is 2. The van der Waals surface area contributed by atoms with Crippen LogP contribution in [0.2, 0.25) is 0 Å². The van der Waals surface area contributed by atoms with E-state index in [9.17, 15) is 9.59 Å². The maximum atomic E-state index is 12.3. The molecule has 2 rings (SSSR count). The van der Waals surface area contributed by atoms with Crippen molar-refractivity contribution in [1.82, 2.24) is 0 Å². The topological polar surface area (TPSA) is 102 Å². The minimum Gasteiger partial charge on any atom is -0.436 e. The molecule has 0 aromatic heterocycles. The SMILES string of the molecule is NC(=O)OC(Cc1ccccc1)C(=O)Nc1ccc(CO)cc1. The van der Waals surface area contributed by atoms with Crippen LogP contribution >= 0.6 is 0 Å². The number of aliphatic hydroxyl groups excluding tert-OH is 1. The quantitative estimate of drug-likeness (QED) is 0.757. The van der Waals surface area contributed by atoms with Crippen molar-refractivity contribution >= 4 is 17.7 Å². The Bertz CT molecular complexity index is 656. The van der Waals surface area contributed by atoms with Crippen LogP contribution in [0.4, 0.5) is 10.5 Å². The molecule has 0 fully saturated rings. The van der Waals surface area contributed by atoms with E-state index in [2.05, 4.69) is 5.32 Å². The first-order chi connectivity index (χ1) is 11.1. The van der Waals surface area contributed by atoms with Gasteiger partial charge in [-0.05, 0) is 23.3 Å². The van der Waals surface area contributed by atoms with E-state index in [1.165, 1.54) is 0 Å². The van der Waals surface area contributed by atoms with Crippen molar-refractivity contribution in [2.45, 2.75) is 19.1 Å². The van der Waals surface area contributed by atoms with Crippen molar-refractivity contribution < 1.29 is 19.4 Å². The lowest BCUT2D eigenvalue weighted by Gasteiger charge is -2.16. The molecule has 0 saturated heterocycles. The summed E-state index contributed by atoms with van der Waals surface area (Å²) in [5.74, 6) is -0.468. The number of ether oxygens (including phenoxy) is 1. The highest BCUT2D eigenvalue weighted by Gasteiger charge is 2.22. The molecular weight excluding hydrogens is 296 g/mol. The van der Waals surface area contributed by atoms with Crippen LogP contribution in [0.5, 0.6) is 0 Å². The van der Waals surface area contributed by atoms with Crippen molar-refractivity contribution in [3.05, 3.63) is 65.7 Å². The van der Waals surface area contributed by atoms with Gasteiger partial charge in [-0.3, -0.25) is 4.79 Å². The van der Waals surface area contributed by atoms with Crippen LogP contribution in [0.15, 0.2) is 54.6 Å². The van der Waals surface area contributed by atoms with Crippen LogP contribution in [0, 0.1) is 0 Å². The summed E-state index contributed by atoms with van der Waals surface area (Å²) >= 11 is 0. The first kappa shape index (κ1) is 16.5. The molecule has 120 valence electrons. The molecule has 0 aliphatic carbocycles. The predicted octanol–water partition coefficient (Wildman–Crippen LogP) is 1.82. The lowest BCUT2D eigenvalue weighted by Crippen LogP contribution is -2.36. The Morgan fingerprint density at radius 1 is 1.04 bits per heavy atom. The Hall–Kier alpha value is -2.86. The standard InChI is InChI=1S/C17H18N2O4/c18-17(22)23-15(10-12-4-2-1-3-5-12)16(21)19-14-8-6-13(11-20)7-9-14/h1-9,15,20H,10-11H2,(H2,18,22)(H,19,21). The molecule has 2 aromatic rings. The summed E-state index contributed by atoms with van der Waals surface area (Å²) in [5, 5.41) is 11.7. The second-order valence-electron chi connectivity index (χ2n) is 4.96. The van der Waals surface area contributed by atoms with Crippen molar-refractivity contribution in [2.24, 2.45) is 5.73 Å². The zero-order chi connectivity index (χ0) is 16.7. The summed E-state index contributed by atoms with van der Waals surface area (Å²) in [7, 11) is 0. The van der Waals surface area contributed by atoms with Crippen molar-refractivity contribution in [2.75, 3.05) is 5.32 Å². The Kier molecular flexibility index (Phi) is 5.71. The average molecular weight is 314 g/mol. The van der Waals surface area contributed by atoms with E-state index in [0.29, 0.717) is 5.69 Å². The van der Waals surface area contributed by atoms with Gasteiger partial charge >= 0.3 is 6.09 Å². The van der Waals surface area contributed by atoms with Crippen molar-refractivity contribution in [3.8, 4) is 0 Å². The van der Waals surface area contributed by atoms with Gasteiger partial charge in [-0.1, -0.05) is 42.5 Å². The van der Waals surface area contributed by atoms with Gasteiger partial charge in [-0.2, -0.15) is 0 Å². The summed E-state index contributed by atoms with van der Waals surface area (Å²) in [4.78, 5) is 23.3. The molecule has 1 atom stereocenters. The van der Waals surface area contributed by atoms with Crippen LogP contribution < -0.4 is 11.1 Å². The fourth-order valence-electron chi connectivity index (χ4n) is 2.07. The molecule has 0 aliphatic rings. The largest absolute Gasteiger partial charge is 0.436 e. The molecule has 2 aromatic carbocycles. The number of amides is 2. The highest BCUT2D eigenvalue weighted by molar-refractivity contribution is 5.95. The summed E-state index contributed by atoms with van der Waals surface area (Å²) in [6.07, 6.45) is -1.80. The number of nitrogens with one attached hydrogen (secondary N) is 1. The Morgan fingerprint density at radius 2 is 1.70 bits per heavy atom. The number of hydrogen-bond donors (Lipinski definition) is 3. The van der Waals surface area contributed by atoms with Crippen LogP contribution in [0.25, 0.3) is 0 Å². The number of carbonyl (C=O) groups excluding carboxylic acids is 2. The molecule has 0 spiro atoms. The van der Waals surface area contributed by atoms with Gasteiger partial charge < -0.3 is 20.9 Å². The van der Waals surface area contributed by atoms with E-state index < -0.39 is 18.1 Å². The van der Waals surface area contributed by atoms with Gasteiger partial charge in [0.25, 0.3) is 5.91 Å². The van der Waals surface area contributed by atoms with E-state index in [4.69, 9.17) is 15.6 Å². The van der Waals surface area contributed by atoms with Gasteiger partial charge in [0.15, 0.2) is 6.10 Å². The number of primary amides is 1. The van der Waals surface area contributed by atoms with Crippen LogP contribution in [0.1, 0.15) is 11.1 Å². The molecule has 0 radical (unpaired) electrons. The van der Waals surface area contributed by atoms with Crippen molar-refractivity contribution in [3.63, 3.8) is 0 Å². The third kappa shape index (κ3) is 5.12. The van der Waals surface area contributed by atoms with E-state index in [1.54, 1.807) is 24.3 Å². The smallest absolute Gasteiger partial charge is 0.405 e. The molecular formula is C17H18N2O4. The summed E-state index contributed by atoms with van der Waals surface area (Å²) in [6.45, 7) is -0.0738. The van der Waals surface area contributed by atoms with Gasteiger partial charge in [-0.15, -0.1) is 0 Å². The van der Waals surface area contributed by atoms with Gasteiger partial charge in [0.1, 0.15) is 0 Å². The third-order valence-electron chi connectivity index (χ3n) is 3.22. The number of nitrogens with two attached hydrogens (primary N) is 1. The minimum absolute atomic E-state index is 0.0738. The number of anilines is 1. The monoisotopic (exact) mass is 314 g/mol. The first-order valence-electron chi connectivity index (χ1n) is 7.09. The van der Waals surface area contributed by atoms with Crippen LogP contribution in [-0.2, 0) is 22.6 Å². The minimum atomic E-state index is -1.02. The first-order valence-corrected chi connectivity index (χ1v) is 7.09. The molecule has 0 aliphatic heterocycles. The van der Waals surface area contributed by atoms with E-state index >= 15 is 0 Å². The Labute approximate surface area is 133 Å². The zero-order valence-electron chi connectivity index (χ0n) is 12.4. The average Bonchev–Trinajstić information content (AvgIpc) is 2.55. The normalized spacial score (nSPS) is 11.5. The lowest BCUT2D eigenvalue weighted by atomic mass is 10.1. The molecule has 0 bridgehead atoms. The predicted molar refractivity (Wildman–Crippen MR) is 85.6 cm³/mol. The number of hydrogen-bond acceptors (Lipinski definition) is 4. The maximum Gasteiger partial charge on any atom is 0.405 e. The number of rotatable bonds is 6. The molecule has 1 unspecified atom stereocenters. The maximum absolute atomic E-state index is 12.3. The summed E-state index contributed by atoms with van der Waals surface area (Å²) in [6, 6.07) is 15.9. The Balaban J connectivity index is 2.07. The van der Waals surface area contributed by atoms with Crippen LogP contribution in [-0.4, -0.2) is 23.2 Å². The summed E-state index contributed by atoms with van der Waals surface area (Å²) in [5.41, 5.74) is 7.17. The molecule has 4 N–H and O–H groups in total. The third-order valence-corrected chi connectivity index (χ3v) is 3.22. The molecule has 6 nitrogen and oxygen atoms in total. The second kappa shape index (κ2) is 7.95. The van der Waals surface area contributed by atoms with Gasteiger partial charge in [0, 0.05) is 12.1 Å². The lowest BCUT2D eigenvalue weighted by molar-refractivity contribution is -0.124. The molecule has 0 saturated carbocycles. The van der Waals surface area contributed by atoms with E-state index in [0.717, 1.165) is 11.1 Å². The number of aliphatic hydroxyl groups is 1. The fraction of sp³-hybridized carbons (Fsp3) is 0.176. The van der Waals surface area contributed by atoms with E-state index in [1.807, 2.05) is 30.3 Å². The molecule has 6 heteroatoms. The van der Waals surface area contributed by atoms with E-state index in [-0.39, 0.29) is 13.0 Å². The summed E-state index contributed by atoms with van der Waals surface area (Å²) < 4.78 is 4.92. The molecule has 2 amide bonds. The highest BCUT2D eigenvalue weighted by atomic mass is 16.6. The van der Waals surface area contributed by atoms with Gasteiger partial charge in [0.05, 0.1) is 6.61 Å². The molecule has 0 heterocycles. The fourth-order valence-corrected chi connectivity index (χ4v) is 2.07. The van der Waals surface area contributed by atoms with Crippen LogP contribution in [0.3, 0.4) is 0 Å². The zero-order valence-corrected chi connectivity index (χ0v) is 12.4. The second-order valence-corrected chi connectivity index (χ2v) is 4.96. The Morgan fingerprint density at radius 3 is 2.26 bits per heavy atom. The van der Waals surface area contributed by atoms with Gasteiger partial charge in [-0.25, -0.2) is 4.79 Å². The van der Waals surface area contributed by atoms with Crippen molar-refractivity contribution in [1.29, 1.82) is 0 Å². The highest BCUT2D eigenvalue weighted by Crippen LogP contribution is 2.12. The number of carbonyl (C=O) groups is 2. The van der Waals surface area contributed by atoms with Gasteiger partial charge in [0.2, 0.25) is 0 Å². The molecule has 23 heavy (non-hydrogen) atoms.